The number of halogens is 3. The molecule has 2 aromatic heterocycles. The van der Waals surface area contributed by atoms with Crippen LogP contribution in [0.15, 0.2) is 60.8 Å². The fourth-order valence-corrected chi connectivity index (χ4v) is 4.05. The summed E-state index contributed by atoms with van der Waals surface area (Å²) in [7, 11) is 1.76. The Hall–Kier alpha value is -4.15. The SMILES string of the molecule is CC(=O)O[C@@H]1CN(C)c2ccc(-c3cccc(C(F)(F)F)c3)nc2N(C(=O)Nc2ccccn2)[C@@H]1C. The van der Waals surface area contributed by atoms with Gasteiger partial charge in [0.05, 0.1) is 29.5 Å². The number of benzene rings is 1. The smallest absolute Gasteiger partial charge is 0.416 e. The van der Waals surface area contributed by atoms with Crippen molar-refractivity contribution in [3.05, 3.63) is 66.4 Å². The van der Waals surface area contributed by atoms with E-state index in [1.807, 2.05) is 0 Å². The number of nitrogens with one attached hydrogen (secondary N) is 1. The molecular weight excluding hydrogens is 475 g/mol. The van der Waals surface area contributed by atoms with Crippen molar-refractivity contribution in [2.24, 2.45) is 0 Å². The summed E-state index contributed by atoms with van der Waals surface area (Å²) in [5.41, 5.74) is 0.237. The van der Waals surface area contributed by atoms with Gasteiger partial charge < -0.3 is 9.64 Å². The van der Waals surface area contributed by atoms with E-state index in [0.717, 1.165) is 12.1 Å². The Morgan fingerprint density at radius 2 is 1.89 bits per heavy atom. The molecule has 1 aliphatic rings. The van der Waals surface area contributed by atoms with Crippen LogP contribution >= 0.6 is 0 Å². The molecule has 0 aliphatic carbocycles. The molecule has 2 atom stereocenters. The number of carbonyl (C=O) groups is 2. The highest BCUT2D eigenvalue weighted by Gasteiger charge is 2.38. The van der Waals surface area contributed by atoms with Crippen LogP contribution in [0.2, 0.25) is 0 Å². The minimum atomic E-state index is -4.51. The molecule has 3 aromatic rings. The van der Waals surface area contributed by atoms with E-state index in [-0.39, 0.29) is 23.6 Å². The van der Waals surface area contributed by atoms with Gasteiger partial charge in [0.2, 0.25) is 0 Å². The Morgan fingerprint density at radius 1 is 1.11 bits per heavy atom. The second-order valence-corrected chi connectivity index (χ2v) is 8.40. The van der Waals surface area contributed by atoms with E-state index >= 15 is 0 Å². The van der Waals surface area contributed by atoms with Crippen LogP contribution in [0.4, 0.5) is 35.3 Å². The lowest BCUT2D eigenvalue weighted by Gasteiger charge is -2.31. The quantitative estimate of drug-likeness (QED) is 0.512. The second kappa shape index (κ2) is 9.84. The number of esters is 1. The summed E-state index contributed by atoms with van der Waals surface area (Å²) in [6, 6.07) is 11.9. The minimum Gasteiger partial charge on any atom is -0.458 e. The predicted molar refractivity (Wildman–Crippen MR) is 129 cm³/mol. The molecule has 0 saturated heterocycles. The number of pyridine rings is 2. The molecule has 0 saturated carbocycles. The Balaban J connectivity index is 1.81. The van der Waals surface area contributed by atoms with Gasteiger partial charge in [0.25, 0.3) is 0 Å². The standard InChI is InChI=1S/C25H24F3N5O3/c1-15-21(36-16(2)34)14-32(3)20-11-10-19(17-7-6-8-18(13-17)25(26,27)28)30-23(20)33(15)24(35)31-22-9-4-5-12-29-22/h4-13,15,21H,14H2,1-3H3,(H,29,31,35)/t15-,21-/m1/s1. The number of ether oxygens (including phenoxy) is 1. The van der Waals surface area contributed by atoms with Gasteiger partial charge in [-0.2, -0.15) is 13.2 Å². The molecule has 4 rings (SSSR count). The first kappa shape index (κ1) is 25.0. The van der Waals surface area contributed by atoms with E-state index in [2.05, 4.69) is 15.3 Å². The van der Waals surface area contributed by atoms with Crippen molar-refractivity contribution in [3.63, 3.8) is 0 Å². The number of alkyl halides is 3. The summed E-state index contributed by atoms with van der Waals surface area (Å²) in [5, 5.41) is 2.72. The van der Waals surface area contributed by atoms with Crippen molar-refractivity contribution < 1.29 is 27.5 Å². The molecule has 8 nitrogen and oxygen atoms in total. The molecule has 3 heterocycles. The van der Waals surface area contributed by atoms with E-state index in [9.17, 15) is 22.8 Å². The van der Waals surface area contributed by atoms with Crippen molar-refractivity contribution in [1.29, 1.82) is 0 Å². The molecule has 0 spiro atoms. The van der Waals surface area contributed by atoms with E-state index in [0.29, 0.717) is 11.5 Å². The van der Waals surface area contributed by atoms with Gasteiger partial charge in [0, 0.05) is 25.7 Å². The second-order valence-electron chi connectivity index (χ2n) is 8.40. The number of hydrogen-bond acceptors (Lipinski definition) is 6. The molecule has 0 unspecified atom stereocenters. The van der Waals surface area contributed by atoms with Crippen molar-refractivity contribution in [2.45, 2.75) is 32.2 Å². The number of rotatable bonds is 3. The first-order valence-corrected chi connectivity index (χ1v) is 11.1. The van der Waals surface area contributed by atoms with Gasteiger partial charge in [-0.1, -0.05) is 18.2 Å². The Kier molecular flexibility index (Phi) is 6.82. The van der Waals surface area contributed by atoms with E-state index in [4.69, 9.17) is 4.74 Å². The van der Waals surface area contributed by atoms with E-state index in [1.165, 1.54) is 30.2 Å². The fourth-order valence-electron chi connectivity index (χ4n) is 4.05. The molecule has 36 heavy (non-hydrogen) atoms. The molecule has 2 amide bonds. The Morgan fingerprint density at radius 3 is 2.56 bits per heavy atom. The summed E-state index contributed by atoms with van der Waals surface area (Å²) in [6.45, 7) is 3.27. The topological polar surface area (TPSA) is 87.7 Å². The molecule has 1 aliphatic heterocycles. The molecule has 0 bridgehead atoms. The highest BCUT2D eigenvalue weighted by molar-refractivity contribution is 6.03. The number of anilines is 3. The summed E-state index contributed by atoms with van der Waals surface area (Å²) >= 11 is 0. The third kappa shape index (κ3) is 5.24. The molecular formula is C25H24F3N5O3. The predicted octanol–water partition coefficient (Wildman–Crippen LogP) is 4.97. The summed E-state index contributed by atoms with van der Waals surface area (Å²) in [6.07, 6.45) is -3.69. The van der Waals surface area contributed by atoms with Crippen molar-refractivity contribution in [1.82, 2.24) is 9.97 Å². The van der Waals surface area contributed by atoms with E-state index < -0.39 is 35.9 Å². The first-order valence-electron chi connectivity index (χ1n) is 11.1. The van der Waals surface area contributed by atoms with Crippen LogP contribution in [-0.4, -0.2) is 47.7 Å². The van der Waals surface area contributed by atoms with Crippen LogP contribution in [0.25, 0.3) is 11.3 Å². The zero-order valence-corrected chi connectivity index (χ0v) is 19.8. The Bertz CT molecular complexity index is 1270. The zero-order chi connectivity index (χ0) is 26.0. The molecule has 11 heteroatoms. The van der Waals surface area contributed by atoms with Gasteiger partial charge in [-0.05, 0) is 43.3 Å². The summed E-state index contributed by atoms with van der Waals surface area (Å²) in [5.74, 6) is 0.00354. The number of amides is 2. The van der Waals surface area contributed by atoms with Crippen molar-refractivity contribution >= 4 is 29.3 Å². The Labute approximate surface area is 205 Å². The zero-order valence-electron chi connectivity index (χ0n) is 19.8. The van der Waals surface area contributed by atoms with Gasteiger partial charge >= 0.3 is 18.2 Å². The number of aromatic nitrogens is 2. The van der Waals surface area contributed by atoms with Crippen LogP contribution in [0.3, 0.4) is 0 Å². The van der Waals surface area contributed by atoms with Gasteiger partial charge in [-0.15, -0.1) is 0 Å². The number of hydrogen-bond donors (Lipinski definition) is 1. The lowest BCUT2D eigenvalue weighted by atomic mass is 10.1. The van der Waals surface area contributed by atoms with Crippen LogP contribution in [0, 0.1) is 0 Å². The van der Waals surface area contributed by atoms with Crippen LogP contribution < -0.4 is 15.1 Å². The highest BCUT2D eigenvalue weighted by atomic mass is 19.4. The molecule has 1 aromatic carbocycles. The maximum absolute atomic E-state index is 13.5. The maximum atomic E-state index is 13.5. The third-order valence-electron chi connectivity index (χ3n) is 5.81. The number of fused-ring (bicyclic) bond motifs is 1. The number of urea groups is 1. The van der Waals surface area contributed by atoms with Crippen molar-refractivity contribution in [3.8, 4) is 11.3 Å². The molecule has 1 N–H and O–H groups in total. The summed E-state index contributed by atoms with van der Waals surface area (Å²) < 4.78 is 45.4. The van der Waals surface area contributed by atoms with Crippen LogP contribution in [0.1, 0.15) is 19.4 Å². The monoisotopic (exact) mass is 499 g/mol. The summed E-state index contributed by atoms with van der Waals surface area (Å²) in [4.78, 5) is 37.2. The van der Waals surface area contributed by atoms with E-state index in [1.54, 1.807) is 49.2 Å². The normalized spacial score (nSPS) is 17.7. The van der Waals surface area contributed by atoms with Crippen LogP contribution in [0.5, 0.6) is 0 Å². The molecule has 0 fully saturated rings. The van der Waals surface area contributed by atoms with Crippen LogP contribution in [-0.2, 0) is 15.7 Å². The van der Waals surface area contributed by atoms with Crippen molar-refractivity contribution in [2.75, 3.05) is 28.7 Å². The lowest BCUT2D eigenvalue weighted by molar-refractivity contribution is -0.146. The van der Waals surface area contributed by atoms with Gasteiger partial charge in [-0.3, -0.25) is 15.0 Å². The average molecular weight is 499 g/mol. The lowest BCUT2D eigenvalue weighted by Crippen LogP contribution is -2.50. The maximum Gasteiger partial charge on any atom is 0.416 e. The molecule has 0 radical (unpaired) electrons. The van der Waals surface area contributed by atoms with Gasteiger partial charge in [0.1, 0.15) is 11.9 Å². The average Bonchev–Trinajstić information content (AvgIpc) is 2.92. The largest absolute Gasteiger partial charge is 0.458 e. The van der Waals surface area contributed by atoms with Gasteiger partial charge in [-0.25, -0.2) is 14.8 Å². The first-order chi connectivity index (χ1) is 17.0. The third-order valence-corrected chi connectivity index (χ3v) is 5.81. The van der Waals surface area contributed by atoms with Gasteiger partial charge in [0.15, 0.2) is 5.82 Å². The number of carbonyl (C=O) groups excluding carboxylic acids is 2. The highest BCUT2D eigenvalue weighted by Crippen LogP contribution is 2.37. The minimum absolute atomic E-state index is 0.211. The number of likely N-dealkylation sites (N-methyl/N-ethyl adjacent to an activating group) is 1. The fraction of sp³-hybridized carbons (Fsp3) is 0.280. The molecule has 188 valence electrons. The number of nitrogens with zero attached hydrogens (tertiary/aromatic N) is 4.